The number of hydrogen-bond donors (Lipinski definition) is 1. The van der Waals surface area contributed by atoms with Crippen molar-refractivity contribution in [1.82, 2.24) is 25.0 Å². The van der Waals surface area contributed by atoms with Gasteiger partial charge in [-0.1, -0.05) is 48.0 Å². The van der Waals surface area contributed by atoms with Crippen molar-refractivity contribution in [2.24, 2.45) is 0 Å². The summed E-state index contributed by atoms with van der Waals surface area (Å²) in [6.07, 6.45) is 3.67. The predicted molar refractivity (Wildman–Crippen MR) is 118 cm³/mol. The van der Waals surface area contributed by atoms with Gasteiger partial charge < -0.3 is 14.8 Å². The van der Waals surface area contributed by atoms with E-state index < -0.39 is 0 Å². The van der Waals surface area contributed by atoms with Gasteiger partial charge in [0.25, 0.3) is 0 Å². The molecule has 1 aromatic heterocycles. The molecule has 2 heterocycles. The second kappa shape index (κ2) is 10.8. The zero-order chi connectivity index (χ0) is 21.5. The second-order valence-corrected chi connectivity index (χ2v) is 9.05. The zero-order valence-electron chi connectivity index (χ0n) is 17.4. The van der Waals surface area contributed by atoms with E-state index in [0.717, 1.165) is 37.2 Å². The van der Waals surface area contributed by atoms with Crippen molar-refractivity contribution in [1.29, 1.82) is 0 Å². The van der Waals surface area contributed by atoms with Gasteiger partial charge in [-0.15, -0.1) is 10.2 Å². The average Bonchev–Trinajstić information content (AvgIpc) is 3.00. The molecule has 1 aromatic carbocycles. The third-order valence-corrected chi connectivity index (χ3v) is 6.62. The standard InChI is InChI=1S/C21H28ClN5O2S/c1-3-27-18(14-26-12-8-4-5-11-19(26)28)24-25-21(27)30-15(2)20(29)23-13-16-9-6-7-10-17(16)22/h6-7,9-10,15H,3-5,8,11-14H2,1-2H3,(H,23,29). The number of carbonyl (C=O) groups is 2. The van der Waals surface area contributed by atoms with Crippen LogP contribution in [0.25, 0.3) is 0 Å². The molecule has 0 aliphatic carbocycles. The van der Waals surface area contributed by atoms with Crippen LogP contribution in [0, 0.1) is 0 Å². The number of nitrogens with zero attached hydrogens (tertiary/aromatic N) is 4. The van der Waals surface area contributed by atoms with Gasteiger partial charge >= 0.3 is 0 Å². The van der Waals surface area contributed by atoms with E-state index in [2.05, 4.69) is 15.5 Å². The van der Waals surface area contributed by atoms with Gasteiger partial charge in [0.2, 0.25) is 11.8 Å². The minimum atomic E-state index is -0.338. The van der Waals surface area contributed by atoms with E-state index >= 15 is 0 Å². The lowest BCUT2D eigenvalue weighted by molar-refractivity contribution is -0.131. The Morgan fingerprint density at radius 3 is 2.83 bits per heavy atom. The molecule has 1 N–H and O–H groups in total. The molecule has 162 valence electrons. The highest BCUT2D eigenvalue weighted by molar-refractivity contribution is 8.00. The van der Waals surface area contributed by atoms with Crippen molar-refractivity contribution in [2.75, 3.05) is 6.54 Å². The fourth-order valence-corrected chi connectivity index (χ4v) is 4.56. The van der Waals surface area contributed by atoms with E-state index in [-0.39, 0.29) is 17.1 Å². The van der Waals surface area contributed by atoms with Gasteiger partial charge in [-0.05, 0) is 38.3 Å². The molecule has 1 fully saturated rings. The molecule has 1 atom stereocenters. The average molecular weight is 450 g/mol. The van der Waals surface area contributed by atoms with E-state index in [9.17, 15) is 9.59 Å². The molecular weight excluding hydrogens is 422 g/mol. The Kier molecular flexibility index (Phi) is 8.16. The molecule has 9 heteroatoms. The van der Waals surface area contributed by atoms with Gasteiger partial charge in [0, 0.05) is 31.1 Å². The normalized spacial score (nSPS) is 15.7. The highest BCUT2D eigenvalue weighted by Crippen LogP contribution is 2.24. The van der Waals surface area contributed by atoms with Crippen molar-refractivity contribution < 1.29 is 9.59 Å². The lowest BCUT2D eigenvalue weighted by Gasteiger charge is -2.20. The van der Waals surface area contributed by atoms with Crippen LogP contribution in [-0.2, 0) is 29.2 Å². The van der Waals surface area contributed by atoms with Gasteiger partial charge in [-0.2, -0.15) is 0 Å². The van der Waals surface area contributed by atoms with E-state index in [1.54, 1.807) is 0 Å². The number of carbonyl (C=O) groups excluding carboxylic acids is 2. The molecule has 2 amide bonds. The minimum Gasteiger partial charge on any atom is -0.351 e. The molecule has 1 aliphatic rings. The molecule has 1 aliphatic heterocycles. The minimum absolute atomic E-state index is 0.0881. The Balaban J connectivity index is 1.61. The fraction of sp³-hybridized carbons (Fsp3) is 0.524. The predicted octanol–water partition coefficient (Wildman–Crippen LogP) is 3.65. The third-order valence-electron chi connectivity index (χ3n) is 5.18. The van der Waals surface area contributed by atoms with Crippen molar-refractivity contribution in [3.8, 4) is 0 Å². The van der Waals surface area contributed by atoms with E-state index in [4.69, 9.17) is 11.6 Å². The Morgan fingerprint density at radius 1 is 1.27 bits per heavy atom. The van der Waals surface area contributed by atoms with Crippen molar-refractivity contribution >= 4 is 35.2 Å². The third kappa shape index (κ3) is 5.76. The number of rotatable bonds is 8. The Bertz CT molecular complexity index is 888. The lowest BCUT2D eigenvalue weighted by atomic mass is 10.2. The number of benzene rings is 1. The Hall–Kier alpha value is -2.06. The van der Waals surface area contributed by atoms with Crippen molar-refractivity contribution in [2.45, 2.75) is 69.6 Å². The van der Waals surface area contributed by atoms with Crippen LogP contribution in [0.4, 0.5) is 0 Å². The molecule has 7 nitrogen and oxygen atoms in total. The molecule has 0 radical (unpaired) electrons. The fourth-order valence-electron chi connectivity index (χ4n) is 3.40. The van der Waals surface area contributed by atoms with Crippen LogP contribution < -0.4 is 5.32 Å². The molecule has 1 unspecified atom stereocenters. The summed E-state index contributed by atoms with van der Waals surface area (Å²) in [5.41, 5.74) is 0.880. The van der Waals surface area contributed by atoms with Crippen LogP contribution in [0.5, 0.6) is 0 Å². The number of nitrogens with one attached hydrogen (secondary N) is 1. The van der Waals surface area contributed by atoms with Gasteiger partial charge in [0.1, 0.15) is 0 Å². The summed E-state index contributed by atoms with van der Waals surface area (Å²) in [6.45, 7) is 6.15. The molecule has 2 aromatic rings. The molecule has 0 spiro atoms. The summed E-state index contributed by atoms with van der Waals surface area (Å²) in [7, 11) is 0. The van der Waals surface area contributed by atoms with Crippen LogP contribution in [0.1, 0.15) is 50.9 Å². The topological polar surface area (TPSA) is 80.1 Å². The Labute approximate surface area is 186 Å². The number of thioether (sulfide) groups is 1. The smallest absolute Gasteiger partial charge is 0.233 e. The first-order chi connectivity index (χ1) is 14.5. The van der Waals surface area contributed by atoms with E-state index in [1.165, 1.54) is 11.8 Å². The van der Waals surface area contributed by atoms with Crippen LogP contribution in [0.2, 0.25) is 5.02 Å². The Morgan fingerprint density at radius 2 is 2.07 bits per heavy atom. The largest absolute Gasteiger partial charge is 0.351 e. The van der Waals surface area contributed by atoms with Crippen LogP contribution in [-0.4, -0.2) is 43.3 Å². The summed E-state index contributed by atoms with van der Waals surface area (Å²) in [5, 5.41) is 12.5. The quantitative estimate of drug-likeness (QED) is 0.622. The molecular formula is C21H28ClN5O2S. The van der Waals surface area contributed by atoms with Crippen LogP contribution in [0.15, 0.2) is 29.4 Å². The van der Waals surface area contributed by atoms with E-state index in [0.29, 0.717) is 36.2 Å². The van der Waals surface area contributed by atoms with Crippen LogP contribution in [0.3, 0.4) is 0 Å². The molecule has 1 saturated heterocycles. The van der Waals surface area contributed by atoms with Gasteiger partial charge in [-0.3, -0.25) is 9.59 Å². The van der Waals surface area contributed by atoms with Crippen molar-refractivity contribution in [3.63, 3.8) is 0 Å². The lowest BCUT2D eigenvalue weighted by Crippen LogP contribution is -2.31. The summed E-state index contributed by atoms with van der Waals surface area (Å²) in [6, 6.07) is 7.46. The molecule has 30 heavy (non-hydrogen) atoms. The summed E-state index contributed by atoms with van der Waals surface area (Å²) >= 11 is 7.52. The second-order valence-electron chi connectivity index (χ2n) is 7.34. The first-order valence-corrected chi connectivity index (χ1v) is 11.6. The maximum absolute atomic E-state index is 12.6. The van der Waals surface area contributed by atoms with E-state index in [1.807, 2.05) is 47.6 Å². The van der Waals surface area contributed by atoms with Crippen LogP contribution >= 0.6 is 23.4 Å². The molecule has 3 rings (SSSR count). The zero-order valence-corrected chi connectivity index (χ0v) is 19.0. The van der Waals surface area contributed by atoms with Gasteiger partial charge in [-0.25, -0.2) is 0 Å². The SMILES string of the molecule is CCn1c(CN2CCCCCC2=O)nnc1SC(C)C(=O)NCc1ccccc1Cl. The number of amides is 2. The first-order valence-electron chi connectivity index (χ1n) is 10.4. The summed E-state index contributed by atoms with van der Waals surface area (Å²) in [5.74, 6) is 0.855. The highest BCUT2D eigenvalue weighted by Gasteiger charge is 2.23. The van der Waals surface area contributed by atoms with Gasteiger partial charge in [0.15, 0.2) is 11.0 Å². The number of hydrogen-bond acceptors (Lipinski definition) is 5. The van der Waals surface area contributed by atoms with Crippen molar-refractivity contribution in [3.05, 3.63) is 40.7 Å². The molecule has 0 saturated carbocycles. The first kappa shape index (κ1) is 22.6. The number of aromatic nitrogens is 3. The number of likely N-dealkylation sites (tertiary alicyclic amines) is 1. The maximum Gasteiger partial charge on any atom is 0.233 e. The highest BCUT2D eigenvalue weighted by atomic mass is 35.5. The molecule has 0 bridgehead atoms. The summed E-state index contributed by atoms with van der Waals surface area (Å²) in [4.78, 5) is 26.7. The van der Waals surface area contributed by atoms with Gasteiger partial charge in [0.05, 0.1) is 11.8 Å². The number of halogens is 1. The summed E-state index contributed by atoms with van der Waals surface area (Å²) < 4.78 is 1.99. The maximum atomic E-state index is 12.6. The monoisotopic (exact) mass is 449 g/mol.